The summed E-state index contributed by atoms with van der Waals surface area (Å²) in [5, 5.41) is 11.1. The topological polar surface area (TPSA) is 43.8 Å². The third-order valence-electron chi connectivity index (χ3n) is 6.28. The van der Waals surface area contributed by atoms with Gasteiger partial charge in [-0.15, -0.1) is 0 Å². The molecule has 1 N–H and O–H groups in total. The highest BCUT2D eigenvalue weighted by Gasteiger charge is 2.57. The van der Waals surface area contributed by atoms with Gasteiger partial charge in [0.05, 0.1) is 0 Å². The molecule has 4 rings (SSSR count). The summed E-state index contributed by atoms with van der Waals surface area (Å²) in [4.78, 5) is 0. The average Bonchev–Trinajstić information content (AvgIpc) is 2.99. The molecule has 2 aromatic carbocycles. The van der Waals surface area contributed by atoms with Crippen molar-refractivity contribution in [1.29, 1.82) is 0 Å². The third-order valence-corrected chi connectivity index (χ3v) is 9.49. The predicted molar refractivity (Wildman–Crippen MR) is 118 cm³/mol. The molecular weight excluding hydrogens is 379 g/mol. The zero-order valence-corrected chi connectivity index (χ0v) is 18.0. The molecule has 2 aromatic rings. The minimum Gasteiger partial charge on any atom is -0.378 e. The van der Waals surface area contributed by atoms with E-state index >= 15 is 0 Å². The van der Waals surface area contributed by atoms with Gasteiger partial charge in [0, 0.05) is 25.2 Å². The lowest BCUT2D eigenvalue weighted by Crippen LogP contribution is -2.39. The Hall–Kier alpha value is -1.71. The second-order valence-corrected chi connectivity index (χ2v) is 10.8. The average molecular weight is 410 g/mol. The van der Waals surface area contributed by atoms with Crippen LogP contribution in [0.15, 0.2) is 72.8 Å². The summed E-state index contributed by atoms with van der Waals surface area (Å²) >= 11 is 0. The van der Waals surface area contributed by atoms with E-state index in [4.69, 9.17) is 0 Å². The van der Waals surface area contributed by atoms with Crippen LogP contribution in [-0.4, -0.2) is 32.4 Å². The van der Waals surface area contributed by atoms with Gasteiger partial charge in [0.1, 0.15) is 0 Å². The molecule has 29 heavy (non-hydrogen) atoms. The van der Waals surface area contributed by atoms with Crippen molar-refractivity contribution in [2.24, 2.45) is 0 Å². The number of fused-ring (bicyclic) bond motifs is 1. The lowest BCUT2D eigenvalue weighted by atomic mass is 9.90. The summed E-state index contributed by atoms with van der Waals surface area (Å²) in [6.45, 7) is 3.10. The molecule has 4 nitrogen and oxygen atoms in total. The van der Waals surface area contributed by atoms with Gasteiger partial charge in [0.25, 0.3) is 0 Å². The van der Waals surface area contributed by atoms with E-state index in [2.05, 4.69) is 33.6 Å². The Labute approximate surface area is 174 Å². The van der Waals surface area contributed by atoms with Crippen molar-refractivity contribution in [2.45, 2.75) is 63.6 Å². The van der Waals surface area contributed by atoms with Crippen LogP contribution in [0.1, 0.15) is 43.7 Å². The number of aliphatic hydroxyl groups excluding tert-OH is 1. The zero-order valence-electron chi connectivity index (χ0n) is 17.1. The number of rotatable bonds is 6. The Kier molecular flexibility index (Phi) is 6.36. The van der Waals surface area contributed by atoms with E-state index in [9.17, 15) is 9.67 Å². The highest BCUT2D eigenvalue weighted by atomic mass is 31.2. The maximum atomic E-state index is 14.7. The van der Waals surface area contributed by atoms with Gasteiger partial charge in [-0.05, 0) is 30.9 Å². The van der Waals surface area contributed by atoms with Crippen molar-refractivity contribution in [3.05, 3.63) is 83.9 Å². The van der Waals surface area contributed by atoms with Crippen LogP contribution in [0.5, 0.6) is 0 Å². The molecule has 1 saturated heterocycles. The first-order chi connectivity index (χ1) is 14.1. The van der Waals surface area contributed by atoms with Gasteiger partial charge in [0.15, 0.2) is 5.85 Å². The minimum atomic E-state index is -3.20. The van der Waals surface area contributed by atoms with Crippen LogP contribution in [-0.2, 0) is 17.7 Å². The largest absolute Gasteiger partial charge is 0.378 e. The summed E-state index contributed by atoms with van der Waals surface area (Å²) in [6.07, 6.45) is 7.91. The number of nitrogens with zero attached hydrogens (tertiary/aromatic N) is 2. The van der Waals surface area contributed by atoms with Gasteiger partial charge in [-0.25, -0.2) is 9.34 Å². The van der Waals surface area contributed by atoms with Crippen molar-refractivity contribution < 1.29 is 9.67 Å². The standard InChI is InChI=1S/C24H31N2O2P/c1-2-11-24(27)29(28)25(18-20-12-5-3-6-13-20)22-16-9-10-17-23(22)26(29)19-21-14-7-4-8-15-21/h2-8,11-15,22-24,27H,9-10,16-19H2,1H3/t22-,23-,24?/m1/s1. The first-order valence-corrected chi connectivity index (χ1v) is 12.4. The van der Waals surface area contributed by atoms with Crippen molar-refractivity contribution in [2.75, 3.05) is 0 Å². The minimum absolute atomic E-state index is 0.221. The van der Waals surface area contributed by atoms with Crippen molar-refractivity contribution in [3.8, 4) is 0 Å². The number of allylic oxidation sites excluding steroid dienone is 1. The van der Waals surface area contributed by atoms with E-state index in [0.29, 0.717) is 13.1 Å². The molecule has 0 aromatic heterocycles. The molecule has 1 heterocycles. The molecule has 1 unspecified atom stereocenters. The Balaban J connectivity index is 1.76. The molecule has 2 fully saturated rings. The van der Waals surface area contributed by atoms with Crippen LogP contribution in [0.25, 0.3) is 0 Å². The van der Waals surface area contributed by atoms with E-state index in [1.807, 2.05) is 49.4 Å². The Morgan fingerprint density at radius 1 is 0.931 bits per heavy atom. The summed E-state index contributed by atoms with van der Waals surface area (Å²) in [6, 6.07) is 20.9. The van der Waals surface area contributed by atoms with Crippen LogP contribution in [0.3, 0.4) is 0 Å². The highest BCUT2D eigenvalue weighted by Crippen LogP contribution is 2.67. The van der Waals surface area contributed by atoms with Crippen molar-refractivity contribution >= 4 is 7.44 Å². The maximum Gasteiger partial charge on any atom is 0.249 e. The maximum absolute atomic E-state index is 14.7. The SMILES string of the molecule is CC=CC(O)P1(=O)N(Cc2ccccc2)[C@@H]2CCCC[C@H]2N1Cc1ccccc1. The van der Waals surface area contributed by atoms with Gasteiger partial charge < -0.3 is 5.11 Å². The molecule has 3 atom stereocenters. The smallest absolute Gasteiger partial charge is 0.249 e. The second-order valence-electron chi connectivity index (χ2n) is 8.11. The molecule has 0 radical (unpaired) electrons. The molecule has 1 aliphatic carbocycles. The highest BCUT2D eigenvalue weighted by molar-refractivity contribution is 7.60. The molecule has 1 saturated carbocycles. The lowest BCUT2D eigenvalue weighted by Gasteiger charge is -2.34. The summed E-state index contributed by atoms with van der Waals surface area (Å²) in [7, 11) is -3.20. The third kappa shape index (κ3) is 4.00. The van der Waals surface area contributed by atoms with Gasteiger partial charge >= 0.3 is 0 Å². The fraction of sp³-hybridized carbons (Fsp3) is 0.417. The van der Waals surface area contributed by atoms with Crippen molar-refractivity contribution in [1.82, 2.24) is 9.34 Å². The molecule has 0 spiro atoms. The molecular formula is C24H31N2O2P. The van der Waals surface area contributed by atoms with Gasteiger partial charge in [-0.1, -0.05) is 85.7 Å². The van der Waals surface area contributed by atoms with E-state index in [1.54, 1.807) is 6.08 Å². The quantitative estimate of drug-likeness (QED) is 0.511. The Bertz CT molecular complexity index is 809. The van der Waals surface area contributed by atoms with Crippen LogP contribution in [0.2, 0.25) is 0 Å². The fourth-order valence-corrected chi connectivity index (χ4v) is 8.35. The fourth-order valence-electron chi connectivity index (χ4n) is 4.93. The van der Waals surface area contributed by atoms with Crippen LogP contribution < -0.4 is 0 Å². The number of hydrogen-bond donors (Lipinski definition) is 1. The van der Waals surface area contributed by atoms with Gasteiger partial charge in [0.2, 0.25) is 7.44 Å². The zero-order chi connectivity index (χ0) is 20.3. The van der Waals surface area contributed by atoms with Crippen LogP contribution in [0, 0.1) is 0 Å². The second kappa shape index (κ2) is 8.97. The lowest BCUT2D eigenvalue weighted by molar-refractivity contribution is 0.197. The molecule has 2 aliphatic rings. The van der Waals surface area contributed by atoms with E-state index in [0.717, 1.165) is 36.8 Å². The predicted octanol–water partition coefficient (Wildman–Crippen LogP) is 5.40. The summed E-state index contributed by atoms with van der Waals surface area (Å²) < 4.78 is 19.0. The molecule has 0 bridgehead atoms. The van der Waals surface area contributed by atoms with Gasteiger partial charge in [-0.2, -0.15) is 0 Å². The molecule has 0 amide bonds. The number of aliphatic hydroxyl groups is 1. The monoisotopic (exact) mass is 410 g/mol. The number of hydrogen-bond acceptors (Lipinski definition) is 2. The van der Waals surface area contributed by atoms with Crippen LogP contribution >= 0.6 is 7.44 Å². The van der Waals surface area contributed by atoms with E-state index in [-0.39, 0.29) is 12.1 Å². The van der Waals surface area contributed by atoms with Crippen molar-refractivity contribution in [3.63, 3.8) is 0 Å². The normalized spacial score (nSPS) is 25.9. The molecule has 5 heteroatoms. The first kappa shape index (κ1) is 20.6. The first-order valence-electron chi connectivity index (χ1n) is 10.7. The summed E-state index contributed by atoms with van der Waals surface area (Å²) in [5.74, 6) is -0.981. The number of benzene rings is 2. The van der Waals surface area contributed by atoms with E-state index in [1.165, 1.54) is 0 Å². The summed E-state index contributed by atoms with van der Waals surface area (Å²) in [5.41, 5.74) is 2.29. The van der Waals surface area contributed by atoms with Gasteiger partial charge in [-0.3, -0.25) is 4.57 Å². The van der Waals surface area contributed by atoms with E-state index < -0.39 is 13.3 Å². The Morgan fingerprint density at radius 2 is 1.38 bits per heavy atom. The Morgan fingerprint density at radius 3 is 1.79 bits per heavy atom. The van der Waals surface area contributed by atoms with Crippen LogP contribution in [0.4, 0.5) is 0 Å². The molecule has 1 aliphatic heterocycles. The molecule has 154 valence electrons.